The number of amides is 3. The highest BCUT2D eigenvalue weighted by atomic mass is 16.2. The molecule has 1 fully saturated rings. The Morgan fingerprint density at radius 1 is 0.967 bits per heavy atom. The standard InChI is InChI=1S/C23H26N4O3/c1-2-3-10-27-22(29)19-5-4-18(15-20(19)23(27)30)21(28)26-13-11-25(12-14-26)16-17-6-8-24-9-7-17/h4-9,15H,2-3,10-14,16H2,1H3. The molecule has 0 N–H and O–H groups in total. The Labute approximate surface area is 176 Å². The van der Waals surface area contributed by atoms with Crippen molar-refractivity contribution in [1.29, 1.82) is 0 Å². The molecule has 4 rings (SSSR count). The minimum absolute atomic E-state index is 0.0892. The van der Waals surface area contributed by atoms with Crippen LogP contribution in [0.25, 0.3) is 0 Å². The number of hydrogen-bond donors (Lipinski definition) is 0. The van der Waals surface area contributed by atoms with Gasteiger partial charge in [0.2, 0.25) is 0 Å². The van der Waals surface area contributed by atoms with E-state index in [1.54, 1.807) is 30.6 Å². The second kappa shape index (κ2) is 8.75. The largest absolute Gasteiger partial charge is 0.336 e. The first-order valence-electron chi connectivity index (χ1n) is 10.5. The first kappa shape index (κ1) is 20.2. The lowest BCUT2D eigenvalue weighted by Gasteiger charge is -2.34. The number of hydrogen-bond acceptors (Lipinski definition) is 5. The molecule has 0 bridgehead atoms. The molecular formula is C23H26N4O3. The number of nitrogens with zero attached hydrogens (tertiary/aromatic N) is 4. The molecule has 0 radical (unpaired) electrons. The molecule has 0 saturated carbocycles. The van der Waals surface area contributed by atoms with E-state index in [-0.39, 0.29) is 17.7 Å². The molecule has 7 nitrogen and oxygen atoms in total. The Morgan fingerprint density at radius 2 is 1.67 bits per heavy atom. The van der Waals surface area contributed by atoms with Crippen molar-refractivity contribution >= 4 is 17.7 Å². The quantitative estimate of drug-likeness (QED) is 0.689. The number of carbonyl (C=O) groups is 3. The highest BCUT2D eigenvalue weighted by molar-refractivity contribution is 6.22. The van der Waals surface area contributed by atoms with E-state index < -0.39 is 0 Å². The van der Waals surface area contributed by atoms with Crippen LogP contribution in [0.5, 0.6) is 0 Å². The zero-order chi connectivity index (χ0) is 21.1. The van der Waals surface area contributed by atoms with Gasteiger partial charge in [-0.15, -0.1) is 0 Å². The molecule has 1 saturated heterocycles. The van der Waals surface area contributed by atoms with Gasteiger partial charge < -0.3 is 4.90 Å². The monoisotopic (exact) mass is 406 g/mol. The van der Waals surface area contributed by atoms with E-state index >= 15 is 0 Å². The summed E-state index contributed by atoms with van der Waals surface area (Å²) in [5.41, 5.74) is 2.42. The van der Waals surface area contributed by atoms with Crippen LogP contribution >= 0.6 is 0 Å². The molecule has 0 atom stereocenters. The molecule has 2 aromatic rings. The molecule has 7 heteroatoms. The summed E-state index contributed by atoms with van der Waals surface area (Å²) >= 11 is 0. The van der Waals surface area contributed by atoms with Gasteiger partial charge >= 0.3 is 0 Å². The van der Waals surface area contributed by atoms with Crippen molar-refractivity contribution in [2.75, 3.05) is 32.7 Å². The number of imide groups is 1. The number of fused-ring (bicyclic) bond motifs is 1. The minimum atomic E-state index is -0.291. The minimum Gasteiger partial charge on any atom is -0.336 e. The third-order valence-corrected chi connectivity index (χ3v) is 5.77. The Bertz CT molecular complexity index is 952. The van der Waals surface area contributed by atoms with E-state index in [0.717, 1.165) is 32.5 Å². The van der Waals surface area contributed by atoms with E-state index in [9.17, 15) is 14.4 Å². The smallest absolute Gasteiger partial charge is 0.261 e. The summed E-state index contributed by atoms with van der Waals surface area (Å²) in [5, 5.41) is 0. The third kappa shape index (κ3) is 3.98. The average molecular weight is 406 g/mol. The molecule has 30 heavy (non-hydrogen) atoms. The van der Waals surface area contributed by atoms with E-state index in [0.29, 0.717) is 36.3 Å². The van der Waals surface area contributed by atoms with Crippen molar-refractivity contribution < 1.29 is 14.4 Å². The van der Waals surface area contributed by atoms with E-state index in [4.69, 9.17) is 0 Å². The fraction of sp³-hybridized carbons (Fsp3) is 0.391. The normalized spacial score (nSPS) is 16.8. The second-order valence-electron chi connectivity index (χ2n) is 7.80. The highest BCUT2D eigenvalue weighted by Gasteiger charge is 2.36. The summed E-state index contributed by atoms with van der Waals surface area (Å²) in [6.45, 7) is 6.14. The van der Waals surface area contributed by atoms with Gasteiger partial charge in [-0.3, -0.25) is 29.2 Å². The van der Waals surface area contributed by atoms with Gasteiger partial charge in [0.25, 0.3) is 17.7 Å². The van der Waals surface area contributed by atoms with Crippen LogP contribution in [0.2, 0.25) is 0 Å². The van der Waals surface area contributed by atoms with Crippen molar-refractivity contribution in [3.05, 3.63) is 65.0 Å². The summed E-state index contributed by atoms with van der Waals surface area (Å²) < 4.78 is 0. The fourth-order valence-corrected chi connectivity index (χ4v) is 3.98. The molecule has 1 aromatic heterocycles. The molecule has 3 amide bonds. The third-order valence-electron chi connectivity index (χ3n) is 5.77. The summed E-state index contributed by atoms with van der Waals surface area (Å²) in [4.78, 5) is 47.6. The molecule has 2 aliphatic rings. The molecule has 0 unspecified atom stereocenters. The summed E-state index contributed by atoms with van der Waals surface area (Å²) in [5.74, 6) is -0.638. The Morgan fingerprint density at radius 3 is 2.37 bits per heavy atom. The highest BCUT2D eigenvalue weighted by Crippen LogP contribution is 2.25. The number of piperazine rings is 1. The van der Waals surface area contributed by atoms with Gasteiger partial charge in [0.05, 0.1) is 11.1 Å². The first-order valence-corrected chi connectivity index (χ1v) is 10.5. The molecule has 0 spiro atoms. The molecule has 156 valence electrons. The number of carbonyl (C=O) groups excluding carboxylic acids is 3. The summed E-state index contributed by atoms with van der Waals surface area (Å²) in [7, 11) is 0. The fourth-order valence-electron chi connectivity index (χ4n) is 3.98. The van der Waals surface area contributed by atoms with Crippen LogP contribution < -0.4 is 0 Å². The second-order valence-corrected chi connectivity index (χ2v) is 7.80. The molecule has 1 aromatic carbocycles. The number of rotatable bonds is 6. The van der Waals surface area contributed by atoms with Gasteiger partial charge in [0.15, 0.2) is 0 Å². The molecular weight excluding hydrogens is 380 g/mol. The molecule has 3 heterocycles. The van der Waals surface area contributed by atoms with Crippen LogP contribution in [-0.2, 0) is 6.54 Å². The van der Waals surface area contributed by atoms with Gasteiger partial charge in [-0.1, -0.05) is 13.3 Å². The summed E-state index contributed by atoms with van der Waals surface area (Å²) in [6, 6.07) is 8.88. The topological polar surface area (TPSA) is 73.8 Å². The zero-order valence-electron chi connectivity index (χ0n) is 17.2. The van der Waals surface area contributed by atoms with Crippen LogP contribution in [0.4, 0.5) is 0 Å². The van der Waals surface area contributed by atoms with E-state index in [2.05, 4.69) is 9.88 Å². The van der Waals surface area contributed by atoms with Crippen molar-refractivity contribution in [2.24, 2.45) is 0 Å². The van der Waals surface area contributed by atoms with Gasteiger partial charge in [-0.05, 0) is 42.3 Å². The number of pyridine rings is 1. The maximum Gasteiger partial charge on any atom is 0.261 e. The van der Waals surface area contributed by atoms with Crippen LogP contribution in [0.3, 0.4) is 0 Å². The van der Waals surface area contributed by atoms with E-state index in [1.165, 1.54) is 10.5 Å². The number of aromatic nitrogens is 1. The summed E-state index contributed by atoms with van der Waals surface area (Å²) in [6.07, 6.45) is 5.27. The zero-order valence-corrected chi connectivity index (χ0v) is 17.2. The molecule has 0 aliphatic carbocycles. The average Bonchev–Trinajstić information content (AvgIpc) is 3.02. The van der Waals surface area contributed by atoms with E-state index in [1.807, 2.05) is 24.0 Å². The lowest BCUT2D eigenvalue weighted by molar-refractivity contribution is 0.0626. The maximum absolute atomic E-state index is 13.0. The van der Waals surface area contributed by atoms with Gasteiger partial charge in [-0.25, -0.2) is 0 Å². The van der Waals surface area contributed by atoms with Crippen molar-refractivity contribution in [2.45, 2.75) is 26.3 Å². The van der Waals surface area contributed by atoms with Gasteiger partial charge in [-0.2, -0.15) is 0 Å². The van der Waals surface area contributed by atoms with Crippen molar-refractivity contribution in [1.82, 2.24) is 19.7 Å². The SMILES string of the molecule is CCCCN1C(=O)c2ccc(C(=O)N3CCN(Cc4ccncc4)CC3)cc2C1=O. The van der Waals surface area contributed by atoms with Crippen molar-refractivity contribution in [3.63, 3.8) is 0 Å². The number of benzene rings is 1. The van der Waals surface area contributed by atoms with Crippen LogP contribution in [0.15, 0.2) is 42.7 Å². The van der Waals surface area contributed by atoms with Gasteiger partial charge in [0.1, 0.15) is 0 Å². The number of unbranched alkanes of at least 4 members (excludes halogenated alkanes) is 1. The van der Waals surface area contributed by atoms with Crippen LogP contribution in [0.1, 0.15) is 56.4 Å². The Hall–Kier alpha value is -3.06. The maximum atomic E-state index is 13.0. The predicted molar refractivity (Wildman–Crippen MR) is 112 cm³/mol. The van der Waals surface area contributed by atoms with Crippen molar-refractivity contribution in [3.8, 4) is 0 Å². The first-order chi connectivity index (χ1) is 14.6. The predicted octanol–water partition coefficient (Wildman–Crippen LogP) is 2.44. The Kier molecular flexibility index (Phi) is 5.90. The molecule has 2 aliphatic heterocycles. The lowest BCUT2D eigenvalue weighted by atomic mass is 10.0. The lowest BCUT2D eigenvalue weighted by Crippen LogP contribution is -2.48. The van der Waals surface area contributed by atoms with Gasteiger partial charge in [0, 0.05) is 57.2 Å². The Balaban J connectivity index is 1.40. The van der Waals surface area contributed by atoms with Crippen LogP contribution in [0, 0.1) is 0 Å². The van der Waals surface area contributed by atoms with Crippen LogP contribution in [-0.4, -0.2) is 70.1 Å².